The topological polar surface area (TPSA) is 12.0 Å². The van der Waals surface area contributed by atoms with E-state index in [1.807, 2.05) is 0 Å². The largest absolute Gasteiger partial charge is 0.310 e. The average molecular weight is 251 g/mol. The van der Waals surface area contributed by atoms with Crippen molar-refractivity contribution in [1.82, 2.24) is 5.32 Å². The number of hydrogen-bond donors (Lipinski definition) is 1. The number of fused-ring (bicyclic) bond motifs is 1. The lowest BCUT2D eigenvalue weighted by atomic mass is 9.98. The molecule has 0 radical (unpaired) electrons. The van der Waals surface area contributed by atoms with Crippen molar-refractivity contribution in [2.75, 3.05) is 6.54 Å². The molecule has 0 aromatic heterocycles. The minimum atomic E-state index is 0.527. The summed E-state index contributed by atoms with van der Waals surface area (Å²) in [5, 5.41) is 3.61. The highest BCUT2D eigenvalue weighted by Gasteiger charge is 2.27. The van der Waals surface area contributed by atoms with E-state index < -0.39 is 0 Å². The molecule has 1 aliphatic rings. The Kier molecular flexibility index (Phi) is 3.39. The van der Waals surface area contributed by atoms with Gasteiger partial charge in [-0.3, -0.25) is 0 Å². The van der Waals surface area contributed by atoms with E-state index in [-0.39, 0.29) is 0 Å². The van der Waals surface area contributed by atoms with Crippen LogP contribution in [0.2, 0.25) is 0 Å². The fraction of sp³-hybridized carbons (Fsp3) is 0.333. The molecule has 1 aliphatic carbocycles. The van der Waals surface area contributed by atoms with Crippen LogP contribution in [-0.4, -0.2) is 6.54 Å². The van der Waals surface area contributed by atoms with Crippen molar-refractivity contribution < 1.29 is 0 Å². The summed E-state index contributed by atoms with van der Waals surface area (Å²) in [5.41, 5.74) is 5.65. The smallest absolute Gasteiger partial charge is 0.0328 e. The third kappa shape index (κ3) is 2.31. The van der Waals surface area contributed by atoms with Gasteiger partial charge in [0.15, 0.2) is 0 Å². The molecule has 0 bridgehead atoms. The zero-order valence-corrected chi connectivity index (χ0v) is 11.7. The molecular weight excluding hydrogens is 230 g/mol. The van der Waals surface area contributed by atoms with Gasteiger partial charge in [-0.1, -0.05) is 56.3 Å². The second-order valence-electron chi connectivity index (χ2n) is 5.46. The highest BCUT2D eigenvalue weighted by Crippen LogP contribution is 2.41. The second-order valence-corrected chi connectivity index (χ2v) is 5.46. The van der Waals surface area contributed by atoms with Gasteiger partial charge in [-0.05, 0) is 47.2 Å². The summed E-state index contributed by atoms with van der Waals surface area (Å²) in [6, 6.07) is 18.1. The molecule has 0 spiro atoms. The maximum atomic E-state index is 3.61. The molecule has 0 fully saturated rings. The quantitative estimate of drug-likeness (QED) is 0.846. The standard InChI is InChI=1S/C18H21N/c1-3-19-18-11-13(2)16-10-9-15(12-17(16)18)14-7-5-4-6-8-14/h4-10,12-13,18-19H,3,11H2,1-2H3. The van der Waals surface area contributed by atoms with E-state index in [1.165, 1.54) is 28.7 Å². The first-order valence-corrected chi connectivity index (χ1v) is 7.22. The fourth-order valence-corrected chi connectivity index (χ4v) is 3.18. The SMILES string of the molecule is CCNC1CC(C)c2ccc(-c3ccccc3)cc21. The summed E-state index contributed by atoms with van der Waals surface area (Å²) in [6.45, 7) is 5.55. The average Bonchev–Trinajstić information content (AvgIpc) is 2.77. The molecule has 3 rings (SSSR count). The minimum absolute atomic E-state index is 0.527. The molecule has 2 atom stereocenters. The highest BCUT2D eigenvalue weighted by molar-refractivity contribution is 5.65. The summed E-state index contributed by atoms with van der Waals surface area (Å²) < 4.78 is 0. The lowest BCUT2D eigenvalue weighted by Gasteiger charge is -2.13. The van der Waals surface area contributed by atoms with Crippen molar-refractivity contribution in [2.24, 2.45) is 0 Å². The molecule has 2 aromatic rings. The molecule has 19 heavy (non-hydrogen) atoms. The van der Waals surface area contributed by atoms with Crippen LogP contribution in [0.1, 0.15) is 43.4 Å². The van der Waals surface area contributed by atoms with Crippen molar-refractivity contribution >= 4 is 0 Å². The lowest BCUT2D eigenvalue weighted by Crippen LogP contribution is -2.18. The van der Waals surface area contributed by atoms with Crippen LogP contribution in [-0.2, 0) is 0 Å². The van der Waals surface area contributed by atoms with Crippen LogP contribution in [0, 0.1) is 0 Å². The van der Waals surface area contributed by atoms with Gasteiger partial charge in [0.2, 0.25) is 0 Å². The second kappa shape index (κ2) is 5.18. The van der Waals surface area contributed by atoms with Gasteiger partial charge >= 0.3 is 0 Å². The molecule has 0 amide bonds. The van der Waals surface area contributed by atoms with E-state index in [1.54, 1.807) is 0 Å². The lowest BCUT2D eigenvalue weighted by molar-refractivity contribution is 0.521. The monoisotopic (exact) mass is 251 g/mol. The Hall–Kier alpha value is -1.60. The van der Waals surface area contributed by atoms with Crippen LogP contribution in [0.3, 0.4) is 0 Å². The van der Waals surface area contributed by atoms with Gasteiger partial charge < -0.3 is 5.32 Å². The summed E-state index contributed by atoms with van der Waals surface area (Å²) in [5.74, 6) is 0.670. The normalized spacial score (nSPS) is 21.4. The number of nitrogens with one attached hydrogen (secondary N) is 1. The van der Waals surface area contributed by atoms with E-state index in [4.69, 9.17) is 0 Å². The van der Waals surface area contributed by atoms with E-state index in [0.29, 0.717) is 12.0 Å². The molecule has 1 heteroatoms. The predicted octanol–water partition coefficient (Wildman–Crippen LogP) is 4.51. The van der Waals surface area contributed by atoms with Crippen molar-refractivity contribution in [3.8, 4) is 11.1 Å². The van der Waals surface area contributed by atoms with Crippen LogP contribution in [0.4, 0.5) is 0 Å². The van der Waals surface area contributed by atoms with Crippen molar-refractivity contribution in [2.45, 2.75) is 32.2 Å². The third-order valence-corrected chi connectivity index (χ3v) is 4.14. The molecule has 0 saturated carbocycles. The highest BCUT2D eigenvalue weighted by atomic mass is 14.9. The van der Waals surface area contributed by atoms with Crippen LogP contribution in [0.5, 0.6) is 0 Å². The maximum Gasteiger partial charge on any atom is 0.0328 e. The third-order valence-electron chi connectivity index (χ3n) is 4.14. The first kappa shape index (κ1) is 12.4. The van der Waals surface area contributed by atoms with Crippen molar-refractivity contribution in [1.29, 1.82) is 0 Å². The molecule has 0 heterocycles. The zero-order chi connectivity index (χ0) is 13.2. The van der Waals surface area contributed by atoms with Gasteiger partial charge in [0, 0.05) is 6.04 Å². The molecule has 1 nitrogen and oxygen atoms in total. The molecule has 0 aliphatic heterocycles. The maximum absolute atomic E-state index is 3.61. The summed E-state index contributed by atoms with van der Waals surface area (Å²) in [4.78, 5) is 0. The molecule has 1 N–H and O–H groups in total. The fourth-order valence-electron chi connectivity index (χ4n) is 3.18. The van der Waals surface area contributed by atoms with Gasteiger partial charge in [-0.15, -0.1) is 0 Å². The summed E-state index contributed by atoms with van der Waals surface area (Å²) in [6.07, 6.45) is 1.22. The van der Waals surface area contributed by atoms with Gasteiger partial charge in [0.25, 0.3) is 0 Å². The number of benzene rings is 2. The van der Waals surface area contributed by atoms with E-state index in [2.05, 4.69) is 67.7 Å². The summed E-state index contributed by atoms with van der Waals surface area (Å²) >= 11 is 0. The van der Waals surface area contributed by atoms with Crippen LogP contribution >= 0.6 is 0 Å². The first-order chi connectivity index (χ1) is 9.29. The molecule has 0 saturated heterocycles. The van der Waals surface area contributed by atoms with E-state index in [0.717, 1.165) is 6.54 Å². The van der Waals surface area contributed by atoms with E-state index in [9.17, 15) is 0 Å². The van der Waals surface area contributed by atoms with Gasteiger partial charge in [0.05, 0.1) is 0 Å². The Morgan fingerprint density at radius 3 is 2.53 bits per heavy atom. The van der Waals surface area contributed by atoms with Crippen molar-refractivity contribution in [3.05, 3.63) is 59.7 Å². The van der Waals surface area contributed by atoms with Gasteiger partial charge in [-0.25, -0.2) is 0 Å². The number of hydrogen-bond acceptors (Lipinski definition) is 1. The Bertz CT molecular complexity index is 559. The Balaban J connectivity index is 2.01. The van der Waals surface area contributed by atoms with Crippen LogP contribution in [0.25, 0.3) is 11.1 Å². The van der Waals surface area contributed by atoms with Crippen LogP contribution < -0.4 is 5.32 Å². The molecular formula is C18H21N. The first-order valence-electron chi connectivity index (χ1n) is 7.22. The Labute approximate surface area is 115 Å². The van der Waals surface area contributed by atoms with E-state index >= 15 is 0 Å². The van der Waals surface area contributed by atoms with Crippen molar-refractivity contribution in [3.63, 3.8) is 0 Å². The molecule has 2 unspecified atom stereocenters. The Morgan fingerprint density at radius 1 is 1.00 bits per heavy atom. The van der Waals surface area contributed by atoms with Gasteiger partial charge in [-0.2, -0.15) is 0 Å². The Morgan fingerprint density at radius 2 is 1.79 bits per heavy atom. The number of rotatable bonds is 3. The minimum Gasteiger partial charge on any atom is -0.310 e. The van der Waals surface area contributed by atoms with Crippen LogP contribution in [0.15, 0.2) is 48.5 Å². The predicted molar refractivity (Wildman–Crippen MR) is 81.3 cm³/mol. The summed E-state index contributed by atoms with van der Waals surface area (Å²) in [7, 11) is 0. The molecule has 98 valence electrons. The van der Waals surface area contributed by atoms with Gasteiger partial charge in [0.1, 0.15) is 0 Å². The zero-order valence-electron chi connectivity index (χ0n) is 11.7. The molecule has 2 aromatic carbocycles.